The highest BCUT2D eigenvalue weighted by atomic mass is 16.4. The van der Waals surface area contributed by atoms with Crippen molar-refractivity contribution in [2.24, 2.45) is 5.92 Å². The molecule has 1 N–H and O–H groups in total. The number of nitrogens with zero attached hydrogens (tertiary/aromatic N) is 1. The van der Waals surface area contributed by atoms with E-state index in [1.807, 2.05) is 61.2 Å². The van der Waals surface area contributed by atoms with E-state index in [1.165, 1.54) is 0 Å². The van der Waals surface area contributed by atoms with E-state index in [4.69, 9.17) is 0 Å². The monoisotopic (exact) mass is 365 g/mol. The van der Waals surface area contributed by atoms with Crippen LogP contribution in [0.3, 0.4) is 0 Å². The van der Waals surface area contributed by atoms with E-state index in [0.717, 1.165) is 43.5 Å². The molecular formula is C23H27NO3. The van der Waals surface area contributed by atoms with Crippen LogP contribution < -0.4 is 0 Å². The Morgan fingerprint density at radius 3 is 2.22 bits per heavy atom. The first-order chi connectivity index (χ1) is 12.9. The number of hydrogen-bond donors (Lipinski definition) is 1. The summed E-state index contributed by atoms with van der Waals surface area (Å²) in [5, 5.41) is 9.35. The Labute approximate surface area is 160 Å². The second-order valence-electron chi connectivity index (χ2n) is 7.89. The number of aromatic carboxylic acids is 1. The minimum absolute atomic E-state index is 0.165. The van der Waals surface area contributed by atoms with Gasteiger partial charge < -0.3 is 10.0 Å². The second kappa shape index (κ2) is 7.95. The first-order valence-electron chi connectivity index (χ1n) is 9.55. The fourth-order valence-corrected chi connectivity index (χ4v) is 3.93. The Kier molecular flexibility index (Phi) is 5.64. The molecule has 1 aliphatic heterocycles. The molecule has 4 nitrogen and oxygen atoms in total. The number of piperidine rings is 1. The number of benzene rings is 2. The summed E-state index contributed by atoms with van der Waals surface area (Å²) in [5.41, 5.74) is 1.78. The first kappa shape index (κ1) is 19.2. The van der Waals surface area contributed by atoms with Crippen LogP contribution in [-0.4, -0.2) is 35.0 Å². The number of carboxylic acid groups (broad SMARTS) is 1. The van der Waals surface area contributed by atoms with Crippen LogP contribution in [0.2, 0.25) is 0 Å². The van der Waals surface area contributed by atoms with Gasteiger partial charge in [0.15, 0.2) is 0 Å². The van der Waals surface area contributed by atoms with Gasteiger partial charge in [-0.05, 0) is 56.2 Å². The van der Waals surface area contributed by atoms with Crippen molar-refractivity contribution < 1.29 is 14.7 Å². The van der Waals surface area contributed by atoms with Gasteiger partial charge in [0.05, 0.1) is 11.0 Å². The fourth-order valence-electron chi connectivity index (χ4n) is 3.93. The molecule has 0 radical (unpaired) electrons. The van der Waals surface area contributed by atoms with Crippen LogP contribution in [0.4, 0.5) is 0 Å². The Hall–Kier alpha value is -2.62. The van der Waals surface area contributed by atoms with Gasteiger partial charge in [-0.1, -0.05) is 48.5 Å². The molecule has 0 saturated carbocycles. The standard InChI is InChI=1S/C23H27NO3/c1-23(2,19-9-4-3-5-10-19)22(27)24-14-12-17(13-15-24)16-18-8-6-7-11-20(18)21(25)26/h3-11,17H,12-16H2,1-2H3,(H,25,26). The molecule has 0 spiro atoms. The van der Waals surface area contributed by atoms with Crippen LogP contribution in [-0.2, 0) is 16.6 Å². The number of amides is 1. The minimum Gasteiger partial charge on any atom is -0.478 e. The average molecular weight is 365 g/mol. The van der Waals surface area contributed by atoms with E-state index in [1.54, 1.807) is 12.1 Å². The molecule has 2 aromatic rings. The summed E-state index contributed by atoms with van der Waals surface area (Å²) in [6.45, 7) is 5.43. The maximum absolute atomic E-state index is 13.1. The van der Waals surface area contributed by atoms with Gasteiger partial charge in [-0.25, -0.2) is 4.79 Å². The zero-order chi connectivity index (χ0) is 19.4. The van der Waals surface area contributed by atoms with Gasteiger partial charge in [0, 0.05) is 13.1 Å². The summed E-state index contributed by atoms with van der Waals surface area (Å²) in [6, 6.07) is 17.1. The molecule has 3 rings (SSSR count). The molecule has 0 aromatic heterocycles. The molecule has 4 heteroatoms. The predicted molar refractivity (Wildman–Crippen MR) is 106 cm³/mol. The lowest BCUT2D eigenvalue weighted by molar-refractivity contribution is -0.137. The summed E-state index contributed by atoms with van der Waals surface area (Å²) in [4.78, 5) is 26.4. The van der Waals surface area contributed by atoms with Crippen molar-refractivity contribution >= 4 is 11.9 Å². The third-order valence-corrected chi connectivity index (χ3v) is 5.69. The summed E-state index contributed by atoms with van der Waals surface area (Å²) in [5.74, 6) is -0.296. The number of carbonyl (C=O) groups is 2. The van der Waals surface area contributed by atoms with Crippen LogP contribution in [0.1, 0.15) is 48.2 Å². The maximum Gasteiger partial charge on any atom is 0.335 e. The van der Waals surface area contributed by atoms with Crippen molar-refractivity contribution in [2.75, 3.05) is 13.1 Å². The smallest absolute Gasteiger partial charge is 0.335 e. The third kappa shape index (κ3) is 4.21. The molecule has 1 heterocycles. The highest BCUT2D eigenvalue weighted by Gasteiger charge is 2.35. The Morgan fingerprint density at radius 1 is 1.00 bits per heavy atom. The van der Waals surface area contributed by atoms with Crippen molar-refractivity contribution in [1.29, 1.82) is 0 Å². The molecule has 1 amide bonds. The summed E-state index contributed by atoms with van der Waals surface area (Å²) in [6.07, 6.45) is 2.57. The minimum atomic E-state index is -0.872. The molecule has 1 aliphatic rings. The van der Waals surface area contributed by atoms with Crippen LogP contribution in [0.5, 0.6) is 0 Å². The second-order valence-corrected chi connectivity index (χ2v) is 7.89. The number of carboxylic acids is 1. The largest absolute Gasteiger partial charge is 0.478 e. The van der Waals surface area contributed by atoms with E-state index >= 15 is 0 Å². The van der Waals surface area contributed by atoms with Crippen LogP contribution in [0.25, 0.3) is 0 Å². The fraction of sp³-hybridized carbons (Fsp3) is 0.391. The molecular weight excluding hydrogens is 338 g/mol. The van der Waals surface area contributed by atoms with Crippen LogP contribution in [0.15, 0.2) is 54.6 Å². The lowest BCUT2D eigenvalue weighted by Gasteiger charge is -2.37. The van der Waals surface area contributed by atoms with Crippen LogP contribution >= 0.6 is 0 Å². The molecule has 0 bridgehead atoms. The molecule has 0 unspecified atom stereocenters. The predicted octanol–water partition coefficient (Wildman–Crippen LogP) is 4.14. The summed E-state index contributed by atoms with van der Waals surface area (Å²) >= 11 is 0. The number of rotatable bonds is 5. The SMILES string of the molecule is CC(C)(C(=O)N1CCC(Cc2ccccc2C(=O)O)CC1)c1ccccc1. The van der Waals surface area contributed by atoms with Gasteiger partial charge in [0.2, 0.25) is 5.91 Å². The Morgan fingerprint density at radius 2 is 1.59 bits per heavy atom. The molecule has 0 aliphatic carbocycles. The number of hydrogen-bond acceptors (Lipinski definition) is 2. The Balaban J connectivity index is 1.62. The van der Waals surface area contributed by atoms with Gasteiger partial charge in [-0.2, -0.15) is 0 Å². The average Bonchev–Trinajstić information content (AvgIpc) is 2.69. The number of carbonyl (C=O) groups excluding carboxylic acids is 1. The highest BCUT2D eigenvalue weighted by molar-refractivity contribution is 5.89. The van der Waals surface area contributed by atoms with Crippen molar-refractivity contribution in [2.45, 2.75) is 38.5 Å². The Bertz CT molecular complexity index is 805. The van der Waals surface area contributed by atoms with E-state index in [2.05, 4.69) is 0 Å². The van der Waals surface area contributed by atoms with Crippen molar-refractivity contribution in [3.05, 3.63) is 71.3 Å². The van der Waals surface area contributed by atoms with E-state index in [9.17, 15) is 14.7 Å². The van der Waals surface area contributed by atoms with Crippen molar-refractivity contribution in [3.63, 3.8) is 0 Å². The lowest BCUT2D eigenvalue weighted by atomic mass is 9.81. The van der Waals surface area contributed by atoms with Crippen molar-refractivity contribution in [3.8, 4) is 0 Å². The normalized spacial score (nSPS) is 15.6. The lowest BCUT2D eigenvalue weighted by Crippen LogP contribution is -2.47. The van der Waals surface area contributed by atoms with E-state index in [-0.39, 0.29) is 5.91 Å². The molecule has 0 atom stereocenters. The quantitative estimate of drug-likeness (QED) is 0.866. The highest BCUT2D eigenvalue weighted by Crippen LogP contribution is 2.29. The molecule has 2 aromatic carbocycles. The van der Waals surface area contributed by atoms with Gasteiger partial charge in [0.1, 0.15) is 0 Å². The molecule has 142 valence electrons. The number of likely N-dealkylation sites (tertiary alicyclic amines) is 1. The van der Waals surface area contributed by atoms with E-state index in [0.29, 0.717) is 11.5 Å². The van der Waals surface area contributed by atoms with Gasteiger partial charge in [-0.3, -0.25) is 4.79 Å². The molecule has 1 fully saturated rings. The molecule has 27 heavy (non-hydrogen) atoms. The summed E-state index contributed by atoms with van der Waals surface area (Å²) in [7, 11) is 0. The zero-order valence-corrected chi connectivity index (χ0v) is 16.0. The molecule has 1 saturated heterocycles. The topological polar surface area (TPSA) is 57.6 Å². The van der Waals surface area contributed by atoms with Crippen LogP contribution in [0, 0.1) is 5.92 Å². The maximum atomic E-state index is 13.1. The van der Waals surface area contributed by atoms with Crippen molar-refractivity contribution in [1.82, 2.24) is 4.90 Å². The summed E-state index contributed by atoms with van der Waals surface area (Å²) < 4.78 is 0. The van der Waals surface area contributed by atoms with Gasteiger partial charge in [-0.15, -0.1) is 0 Å². The van der Waals surface area contributed by atoms with E-state index < -0.39 is 11.4 Å². The third-order valence-electron chi connectivity index (χ3n) is 5.69. The van der Waals surface area contributed by atoms with Gasteiger partial charge in [0.25, 0.3) is 0 Å². The first-order valence-corrected chi connectivity index (χ1v) is 9.55. The zero-order valence-electron chi connectivity index (χ0n) is 16.0. The van der Waals surface area contributed by atoms with Gasteiger partial charge >= 0.3 is 5.97 Å².